The zero-order chi connectivity index (χ0) is 26.9. The second kappa shape index (κ2) is 8.41. The Bertz CT molecular complexity index is 1450. The Balaban J connectivity index is 1.36. The Morgan fingerprint density at radius 3 is 2.39 bits per heavy atom. The van der Waals surface area contributed by atoms with Gasteiger partial charge in [0.1, 0.15) is 12.2 Å². The van der Waals surface area contributed by atoms with Gasteiger partial charge in [0.05, 0.1) is 17.5 Å². The number of hydrogen-bond acceptors (Lipinski definition) is 4. The molecule has 198 valence electrons. The van der Waals surface area contributed by atoms with Crippen molar-refractivity contribution in [3.8, 4) is 0 Å². The topological polar surface area (TPSA) is 80.1 Å². The summed E-state index contributed by atoms with van der Waals surface area (Å²) in [7, 11) is 1.89. The maximum absolute atomic E-state index is 14.2. The summed E-state index contributed by atoms with van der Waals surface area (Å²) < 4.78 is 44.3. The first-order valence-electron chi connectivity index (χ1n) is 12.8. The van der Waals surface area contributed by atoms with E-state index in [1.165, 1.54) is 11.0 Å². The molecule has 3 aromatic rings. The molecular formula is C28H28F3N5O2. The number of anilines is 1. The summed E-state index contributed by atoms with van der Waals surface area (Å²) in [5, 5.41) is 11.2. The zero-order valence-electron chi connectivity index (χ0n) is 21.2. The second-order valence-corrected chi connectivity index (χ2v) is 11.1. The standard InChI is InChI=1S/C28H28F3N5O2/c1-26(8-4-9-26)33-23(37)17-12-20-21(22(13-17)28(29,30)31)15-36(24(20)38)19-7-3-6-18(14-19)27(10-5-11-27)25-34-32-16-35(25)2/h3,6-7,12-14,16H,4-5,8-11,15H2,1-2H3,(H,33,37). The summed E-state index contributed by atoms with van der Waals surface area (Å²) in [6.45, 7) is 1.66. The minimum Gasteiger partial charge on any atom is -0.347 e. The molecule has 10 heteroatoms. The molecule has 2 saturated carbocycles. The van der Waals surface area contributed by atoms with Gasteiger partial charge in [-0.2, -0.15) is 13.2 Å². The molecule has 2 aromatic carbocycles. The summed E-state index contributed by atoms with van der Waals surface area (Å²) >= 11 is 0. The molecule has 0 bridgehead atoms. The van der Waals surface area contributed by atoms with Gasteiger partial charge in [0, 0.05) is 29.4 Å². The molecule has 2 aliphatic carbocycles. The Kier molecular flexibility index (Phi) is 5.45. The first-order chi connectivity index (χ1) is 18.0. The smallest absolute Gasteiger partial charge is 0.347 e. The van der Waals surface area contributed by atoms with Gasteiger partial charge in [-0.3, -0.25) is 9.59 Å². The molecule has 3 aliphatic rings. The van der Waals surface area contributed by atoms with Crippen molar-refractivity contribution in [1.29, 1.82) is 0 Å². The summed E-state index contributed by atoms with van der Waals surface area (Å²) in [6.07, 6.45) is 2.20. The number of carbonyl (C=O) groups is 2. The predicted octanol–water partition coefficient (Wildman–Crippen LogP) is 5.14. The van der Waals surface area contributed by atoms with Crippen molar-refractivity contribution in [2.75, 3.05) is 4.90 Å². The van der Waals surface area contributed by atoms with Crippen LogP contribution in [-0.4, -0.2) is 32.1 Å². The monoisotopic (exact) mass is 523 g/mol. The van der Waals surface area contributed by atoms with E-state index in [-0.39, 0.29) is 28.7 Å². The molecule has 0 radical (unpaired) electrons. The Hall–Kier alpha value is -3.69. The lowest BCUT2D eigenvalue weighted by atomic mass is 9.63. The van der Waals surface area contributed by atoms with Crippen molar-refractivity contribution in [2.45, 2.75) is 69.1 Å². The van der Waals surface area contributed by atoms with Crippen molar-refractivity contribution in [2.24, 2.45) is 7.05 Å². The highest BCUT2D eigenvalue weighted by Gasteiger charge is 2.45. The van der Waals surface area contributed by atoms with E-state index in [4.69, 9.17) is 0 Å². The fourth-order valence-corrected chi connectivity index (χ4v) is 6.04. The summed E-state index contributed by atoms with van der Waals surface area (Å²) in [5.74, 6) is -0.315. The third-order valence-corrected chi connectivity index (χ3v) is 8.54. The van der Waals surface area contributed by atoms with Crippen LogP contribution in [0.5, 0.6) is 0 Å². The number of amides is 2. The Morgan fingerprint density at radius 2 is 1.82 bits per heavy atom. The van der Waals surface area contributed by atoms with Crippen molar-refractivity contribution in [3.05, 3.63) is 76.4 Å². The van der Waals surface area contributed by atoms with Crippen LogP contribution >= 0.6 is 0 Å². The van der Waals surface area contributed by atoms with Gasteiger partial charge in [-0.05, 0) is 74.4 Å². The molecule has 0 atom stereocenters. The fraction of sp³-hybridized carbons (Fsp3) is 0.429. The van der Waals surface area contributed by atoms with Crippen LogP contribution < -0.4 is 10.2 Å². The van der Waals surface area contributed by atoms with E-state index in [0.29, 0.717) is 5.69 Å². The highest BCUT2D eigenvalue weighted by atomic mass is 19.4. The van der Waals surface area contributed by atoms with E-state index in [1.807, 2.05) is 36.7 Å². The van der Waals surface area contributed by atoms with E-state index >= 15 is 0 Å². The van der Waals surface area contributed by atoms with E-state index in [2.05, 4.69) is 15.5 Å². The lowest BCUT2D eigenvalue weighted by Gasteiger charge is -2.41. The van der Waals surface area contributed by atoms with Crippen LogP contribution in [0, 0.1) is 0 Å². The number of fused-ring (bicyclic) bond motifs is 1. The van der Waals surface area contributed by atoms with Gasteiger partial charge < -0.3 is 14.8 Å². The molecule has 1 aromatic heterocycles. The number of halogens is 3. The summed E-state index contributed by atoms with van der Waals surface area (Å²) in [5.41, 5.74) is -0.595. The average Bonchev–Trinajstić information content (AvgIpc) is 3.40. The van der Waals surface area contributed by atoms with E-state index in [0.717, 1.165) is 56.0 Å². The minimum atomic E-state index is -4.71. The quantitative estimate of drug-likeness (QED) is 0.503. The van der Waals surface area contributed by atoms with Crippen molar-refractivity contribution in [1.82, 2.24) is 20.1 Å². The molecule has 1 N–H and O–H groups in total. The van der Waals surface area contributed by atoms with E-state index in [9.17, 15) is 22.8 Å². The van der Waals surface area contributed by atoms with Crippen LogP contribution in [0.1, 0.15) is 88.7 Å². The van der Waals surface area contributed by atoms with Crippen LogP contribution in [0.3, 0.4) is 0 Å². The SMILES string of the molecule is Cn1cnnc1C1(c2cccc(N3Cc4c(cc(C(=O)NC5(C)CCC5)cc4C(F)(F)F)C3=O)c2)CCC1. The predicted molar refractivity (Wildman–Crippen MR) is 134 cm³/mol. The maximum atomic E-state index is 14.2. The van der Waals surface area contributed by atoms with Crippen molar-refractivity contribution >= 4 is 17.5 Å². The van der Waals surface area contributed by atoms with Crippen LogP contribution in [0.4, 0.5) is 18.9 Å². The molecule has 6 rings (SSSR count). The highest BCUT2D eigenvalue weighted by molar-refractivity contribution is 6.12. The summed E-state index contributed by atoms with van der Waals surface area (Å²) in [6, 6.07) is 9.57. The lowest BCUT2D eigenvalue weighted by Crippen LogP contribution is -2.51. The van der Waals surface area contributed by atoms with Crippen LogP contribution in [0.2, 0.25) is 0 Å². The van der Waals surface area contributed by atoms with Crippen LogP contribution in [0.15, 0.2) is 42.7 Å². The van der Waals surface area contributed by atoms with Gasteiger partial charge in [-0.1, -0.05) is 18.6 Å². The molecule has 38 heavy (non-hydrogen) atoms. The minimum absolute atomic E-state index is 0.0826. The zero-order valence-corrected chi connectivity index (χ0v) is 21.2. The fourth-order valence-electron chi connectivity index (χ4n) is 6.04. The molecule has 2 heterocycles. The molecule has 1 aliphatic heterocycles. The van der Waals surface area contributed by atoms with E-state index < -0.39 is 29.1 Å². The number of aromatic nitrogens is 3. The molecule has 0 unspecified atom stereocenters. The Morgan fingerprint density at radius 1 is 1.08 bits per heavy atom. The highest BCUT2D eigenvalue weighted by Crippen LogP contribution is 2.49. The van der Waals surface area contributed by atoms with Crippen LogP contribution in [0.25, 0.3) is 0 Å². The number of rotatable bonds is 5. The van der Waals surface area contributed by atoms with Gasteiger partial charge in [-0.15, -0.1) is 10.2 Å². The number of carbonyl (C=O) groups excluding carboxylic acids is 2. The van der Waals surface area contributed by atoms with Gasteiger partial charge >= 0.3 is 6.18 Å². The summed E-state index contributed by atoms with van der Waals surface area (Å²) in [4.78, 5) is 27.8. The van der Waals surface area contributed by atoms with Crippen LogP contribution in [-0.2, 0) is 25.2 Å². The molecule has 2 fully saturated rings. The van der Waals surface area contributed by atoms with Crippen molar-refractivity contribution < 1.29 is 22.8 Å². The molecule has 0 spiro atoms. The third-order valence-electron chi connectivity index (χ3n) is 8.54. The van der Waals surface area contributed by atoms with Gasteiger partial charge in [0.25, 0.3) is 11.8 Å². The van der Waals surface area contributed by atoms with Gasteiger partial charge in [0.2, 0.25) is 0 Å². The van der Waals surface area contributed by atoms with Crippen molar-refractivity contribution in [3.63, 3.8) is 0 Å². The largest absolute Gasteiger partial charge is 0.416 e. The molecule has 7 nitrogen and oxygen atoms in total. The molecule has 2 amide bonds. The normalized spacial score (nSPS) is 19.5. The van der Waals surface area contributed by atoms with E-state index in [1.54, 1.807) is 12.4 Å². The Labute approximate surface area is 218 Å². The lowest BCUT2D eigenvalue weighted by molar-refractivity contribution is -0.138. The molecule has 0 saturated heterocycles. The van der Waals surface area contributed by atoms with Gasteiger partial charge in [0.15, 0.2) is 0 Å². The number of alkyl halides is 3. The third kappa shape index (κ3) is 3.80. The number of nitrogens with zero attached hydrogens (tertiary/aromatic N) is 4. The number of nitrogens with one attached hydrogen (secondary N) is 1. The maximum Gasteiger partial charge on any atom is 0.416 e. The number of aryl methyl sites for hydroxylation is 1. The molecular weight excluding hydrogens is 495 g/mol. The average molecular weight is 524 g/mol. The van der Waals surface area contributed by atoms with Gasteiger partial charge in [-0.25, -0.2) is 0 Å². The first-order valence-corrected chi connectivity index (χ1v) is 12.8. The second-order valence-electron chi connectivity index (χ2n) is 11.1. The number of benzene rings is 2. The number of hydrogen-bond donors (Lipinski definition) is 1. The first kappa shape index (κ1) is 24.6.